The van der Waals surface area contributed by atoms with Gasteiger partial charge in [-0.2, -0.15) is 0 Å². The van der Waals surface area contributed by atoms with Gasteiger partial charge in [0.05, 0.1) is 10.6 Å². The summed E-state index contributed by atoms with van der Waals surface area (Å²) in [5.41, 5.74) is 2.00. The lowest BCUT2D eigenvalue weighted by molar-refractivity contribution is -0.140. The van der Waals surface area contributed by atoms with Gasteiger partial charge in [-0.25, -0.2) is 8.42 Å². The number of aryl methyl sites for hydroxylation is 1. The van der Waals surface area contributed by atoms with Crippen LogP contribution in [0, 0.1) is 6.92 Å². The van der Waals surface area contributed by atoms with Crippen LogP contribution in [0.3, 0.4) is 0 Å². The van der Waals surface area contributed by atoms with Gasteiger partial charge < -0.3 is 10.2 Å². The first-order valence-corrected chi connectivity index (χ1v) is 14.8. The lowest BCUT2D eigenvalue weighted by Gasteiger charge is -2.33. The van der Waals surface area contributed by atoms with E-state index < -0.39 is 28.5 Å². The maximum absolute atomic E-state index is 13.9. The van der Waals surface area contributed by atoms with Gasteiger partial charge in [0, 0.05) is 22.6 Å². The molecule has 0 aliphatic heterocycles. The van der Waals surface area contributed by atoms with Crippen LogP contribution in [0.25, 0.3) is 0 Å². The van der Waals surface area contributed by atoms with Crippen LogP contribution in [-0.4, -0.2) is 44.3 Å². The molecule has 3 aromatic carbocycles. The van der Waals surface area contributed by atoms with Gasteiger partial charge in [0.1, 0.15) is 12.6 Å². The van der Waals surface area contributed by atoms with Crippen molar-refractivity contribution in [3.05, 3.63) is 93.4 Å². The predicted octanol–water partition coefficient (Wildman–Crippen LogP) is 5.55. The smallest absolute Gasteiger partial charge is 0.264 e. The summed E-state index contributed by atoms with van der Waals surface area (Å²) in [6, 6.07) is 19.4. The first-order valence-electron chi connectivity index (χ1n) is 12.2. The van der Waals surface area contributed by atoms with Crippen molar-refractivity contribution in [2.45, 2.75) is 44.7 Å². The van der Waals surface area contributed by atoms with Crippen LogP contribution in [0.15, 0.2) is 82.2 Å². The van der Waals surface area contributed by atoms with Crippen molar-refractivity contribution in [3.63, 3.8) is 0 Å². The summed E-state index contributed by atoms with van der Waals surface area (Å²) in [6.07, 6.45) is 0.354. The number of rotatable bonds is 11. The van der Waals surface area contributed by atoms with Crippen LogP contribution >= 0.6 is 27.5 Å². The second kappa shape index (κ2) is 13.3. The topological polar surface area (TPSA) is 86.8 Å². The lowest BCUT2D eigenvalue weighted by atomic mass is 10.1. The Balaban J connectivity index is 2.05. The lowest BCUT2D eigenvalue weighted by Crippen LogP contribution is -2.52. The van der Waals surface area contributed by atoms with E-state index in [0.717, 1.165) is 15.4 Å². The Morgan fingerprint density at radius 1 is 1.00 bits per heavy atom. The molecule has 10 heteroatoms. The fourth-order valence-corrected chi connectivity index (χ4v) is 5.91. The van der Waals surface area contributed by atoms with Crippen molar-refractivity contribution in [1.29, 1.82) is 0 Å². The molecule has 0 unspecified atom stereocenters. The number of likely N-dealkylation sites (N-methyl/N-ethyl adjacent to an activating group) is 1. The van der Waals surface area contributed by atoms with Gasteiger partial charge >= 0.3 is 0 Å². The molecular formula is C28H31BrClN3O4S. The number of benzene rings is 3. The van der Waals surface area contributed by atoms with E-state index in [-0.39, 0.29) is 17.3 Å². The normalized spacial score (nSPS) is 12.0. The van der Waals surface area contributed by atoms with E-state index in [0.29, 0.717) is 28.1 Å². The molecule has 0 fully saturated rings. The van der Waals surface area contributed by atoms with Gasteiger partial charge in [0.2, 0.25) is 11.8 Å². The van der Waals surface area contributed by atoms with E-state index in [1.54, 1.807) is 67.6 Å². The quantitative estimate of drug-likeness (QED) is 0.305. The Bertz CT molecular complexity index is 1370. The molecule has 0 saturated heterocycles. The fraction of sp³-hybridized carbons (Fsp3) is 0.286. The number of amides is 2. The number of sulfonamides is 1. The molecule has 38 heavy (non-hydrogen) atoms. The monoisotopic (exact) mass is 619 g/mol. The second-order valence-electron chi connectivity index (χ2n) is 8.77. The van der Waals surface area contributed by atoms with Gasteiger partial charge in [-0.1, -0.05) is 70.3 Å². The van der Waals surface area contributed by atoms with Gasteiger partial charge in [0.25, 0.3) is 10.0 Å². The number of halogens is 2. The fourth-order valence-electron chi connectivity index (χ4n) is 4.00. The molecule has 3 aromatic rings. The van der Waals surface area contributed by atoms with Crippen molar-refractivity contribution in [1.82, 2.24) is 10.2 Å². The van der Waals surface area contributed by atoms with Gasteiger partial charge in [-0.3, -0.25) is 13.9 Å². The molecule has 0 aromatic heterocycles. The van der Waals surface area contributed by atoms with Crippen LogP contribution in [0.1, 0.15) is 31.4 Å². The summed E-state index contributed by atoms with van der Waals surface area (Å²) < 4.78 is 29.4. The van der Waals surface area contributed by atoms with E-state index in [4.69, 9.17) is 11.6 Å². The number of hydrogen-bond acceptors (Lipinski definition) is 4. The molecule has 2 amide bonds. The zero-order chi connectivity index (χ0) is 27.9. The number of hydrogen-bond donors (Lipinski definition) is 1. The molecule has 0 aliphatic carbocycles. The average molecular weight is 621 g/mol. The zero-order valence-corrected chi connectivity index (χ0v) is 24.7. The largest absolute Gasteiger partial charge is 0.355 e. The van der Waals surface area contributed by atoms with Crippen LogP contribution in [0.2, 0.25) is 5.02 Å². The van der Waals surface area contributed by atoms with Crippen LogP contribution in [-0.2, 0) is 26.2 Å². The third-order valence-corrected chi connectivity index (χ3v) is 8.52. The molecule has 3 rings (SSSR count). The minimum absolute atomic E-state index is 0.0656. The summed E-state index contributed by atoms with van der Waals surface area (Å²) in [5.74, 6) is -0.804. The van der Waals surface area contributed by atoms with E-state index in [1.165, 1.54) is 17.0 Å². The van der Waals surface area contributed by atoms with Gasteiger partial charge in [-0.15, -0.1) is 0 Å². The Hall–Kier alpha value is -2.88. The Morgan fingerprint density at radius 3 is 2.24 bits per heavy atom. The molecule has 0 bridgehead atoms. The summed E-state index contributed by atoms with van der Waals surface area (Å²) in [4.78, 5) is 28.4. The number of nitrogens with one attached hydrogen (secondary N) is 1. The number of carbonyl (C=O) groups excluding carboxylic acids is 2. The molecule has 202 valence electrons. The van der Waals surface area contributed by atoms with Gasteiger partial charge in [0.15, 0.2) is 0 Å². The molecule has 0 aliphatic rings. The highest BCUT2D eigenvalue weighted by molar-refractivity contribution is 9.10. The Morgan fingerprint density at radius 2 is 1.66 bits per heavy atom. The van der Waals surface area contributed by atoms with Crippen molar-refractivity contribution >= 4 is 55.1 Å². The maximum Gasteiger partial charge on any atom is 0.264 e. The van der Waals surface area contributed by atoms with Crippen molar-refractivity contribution in [2.24, 2.45) is 0 Å². The van der Waals surface area contributed by atoms with Crippen molar-refractivity contribution in [2.75, 3.05) is 17.4 Å². The van der Waals surface area contributed by atoms with Crippen LogP contribution in [0.5, 0.6) is 0 Å². The summed E-state index contributed by atoms with van der Waals surface area (Å²) >= 11 is 9.44. The molecular weight excluding hydrogens is 590 g/mol. The highest BCUT2D eigenvalue weighted by atomic mass is 79.9. The van der Waals surface area contributed by atoms with Crippen molar-refractivity contribution in [3.8, 4) is 0 Å². The van der Waals surface area contributed by atoms with E-state index in [1.807, 2.05) is 13.8 Å². The Labute approximate surface area is 238 Å². The first kappa shape index (κ1) is 29.7. The molecule has 1 atom stereocenters. The van der Waals surface area contributed by atoms with Crippen molar-refractivity contribution < 1.29 is 18.0 Å². The minimum atomic E-state index is -4.11. The number of anilines is 1. The number of carbonyl (C=O) groups is 2. The second-order valence-corrected chi connectivity index (χ2v) is 12.0. The first-order chi connectivity index (χ1) is 18.1. The highest BCUT2D eigenvalue weighted by Crippen LogP contribution is 2.27. The molecule has 0 heterocycles. The van der Waals surface area contributed by atoms with Crippen LogP contribution < -0.4 is 9.62 Å². The molecule has 7 nitrogen and oxygen atoms in total. The third-order valence-electron chi connectivity index (χ3n) is 5.99. The van der Waals surface area contributed by atoms with Gasteiger partial charge in [-0.05, 0) is 68.3 Å². The summed E-state index contributed by atoms with van der Waals surface area (Å²) in [5, 5.41) is 3.34. The average Bonchev–Trinajstić information content (AvgIpc) is 2.88. The Kier molecular flexibility index (Phi) is 10.4. The zero-order valence-electron chi connectivity index (χ0n) is 21.5. The minimum Gasteiger partial charge on any atom is -0.355 e. The standard InChI is InChI=1S/C28H31BrClN3O4S/c1-4-26(28(35)31-5-2)32(18-21-11-13-23(30)14-12-21)27(34)19-33(24-8-6-7-22(29)17-24)38(36,37)25-15-9-20(3)10-16-25/h6-17,26H,4-5,18-19H2,1-3H3,(H,31,35)/t26-/m1/s1. The predicted molar refractivity (Wildman–Crippen MR) is 155 cm³/mol. The summed E-state index contributed by atoms with van der Waals surface area (Å²) in [7, 11) is -4.11. The number of nitrogens with zero attached hydrogens (tertiary/aromatic N) is 2. The third kappa shape index (κ3) is 7.36. The highest BCUT2D eigenvalue weighted by Gasteiger charge is 2.33. The molecule has 0 saturated carbocycles. The molecule has 0 spiro atoms. The molecule has 1 N–H and O–H groups in total. The molecule has 0 radical (unpaired) electrons. The van der Waals surface area contributed by atoms with E-state index in [2.05, 4.69) is 21.2 Å². The van der Waals surface area contributed by atoms with E-state index in [9.17, 15) is 18.0 Å². The SMILES string of the molecule is CCNC(=O)[C@@H](CC)N(Cc1ccc(Cl)cc1)C(=O)CN(c1cccc(Br)c1)S(=O)(=O)c1ccc(C)cc1. The maximum atomic E-state index is 13.9. The van der Waals surface area contributed by atoms with Crippen LogP contribution in [0.4, 0.5) is 5.69 Å². The summed E-state index contributed by atoms with van der Waals surface area (Å²) in [6.45, 7) is 5.52. The van der Waals surface area contributed by atoms with E-state index >= 15 is 0 Å².